The summed E-state index contributed by atoms with van der Waals surface area (Å²) in [6.07, 6.45) is 0. The Morgan fingerprint density at radius 2 is 1.00 bits per heavy atom. The molecule has 0 spiro atoms. The van der Waals surface area contributed by atoms with Crippen LogP contribution in [0.1, 0.15) is 0 Å². The van der Waals surface area contributed by atoms with Crippen LogP contribution in [0.5, 0.6) is 0 Å². The van der Waals surface area contributed by atoms with Gasteiger partial charge in [0, 0.05) is 46.5 Å². The molecule has 1 saturated heterocycles. The molecule has 2 amide bonds. The van der Waals surface area contributed by atoms with Gasteiger partial charge in [0.25, 0.3) is 0 Å². The molecule has 0 unspecified atom stereocenters. The second kappa shape index (κ2) is 10.2. The summed E-state index contributed by atoms with van der Waals surface area (Å²) in [4.78, 5) is 28.6. The zero-order valence-corrected chi connectivity index (χ0v) is 18.5. The Balaban J connectivity index is 1.37. The Labute approximate surface area is 181 Å². The highest BCUT2D eigenvalue weighted by atomic mass is 79.9. The van der Waals surface area contributed by atoms with Gasteiger partial charge >= 0.3 is 0 Å². The number of hydrogen-bond donors (Lipinski definition) is 2. The first kappa shape index (κ1) is 21.0. The summed E-state index contributed by atoms with van der Waals surface area (Å²) in [6.45, 7) is 3.77. The molecule has 0 atom stereocenters. The number of benzene rings is 2. The standard InChI is InChI=1S/C20H22Br2N4O2/c21-15-1-5-17(6-2-15)23-19(27)13-25-9-11-26(12-10-25)14-20(28)24-18-7-3-16(22)4-8-18/h1-8H,9-14H2,(H,23,27)(H,24,28). The minimum absolute atomic E-state index is 0.0243. The third kappa shape index (κ3) is 6.70. The molecule has 1 aliphatic heterocycles. The molecular weight excluding hydrogens is 488 g/mol. The molecule has 1 aliphatic rings. The van der Waals surface area contributed by atoms with Crippen LogP contribution in [0, 0.1) is 0 Å². The topological polar surface area (TPSA) is 64.7 Å². The predicted molar refractivity (Wildman–Crippen MR) is 118 cm³/mol. The minimum Gasteiger partial charge on any atom is -0.325 e. The van der Waals surface area contributed by atoms with Gasteiger partial charge in [-0.2, -0.15) is 0 Å². The van der Waals surface area contributed by atoms with E-state index in [4.69, 9.17) is 0 Å². The number of amides is 2. The third-order valence-electron chi connectivity index (χ3n) is 4.46. The maximum Gasteiger partial charge on any atom is 0.238 e. The van der Waals surface area contributed by atoms with Gasteiger partial charge in [0.15, 0.2) is 0 Å². The molecule has 1 fully saturated rings. The van der Waals surface area contributed by atoms with Gasteiger partial charge in [-0.15, -0.1) is 0 Å². The van der Waals surface area contributed by atoms with Crippen LogP contribution in [-0.2, 0) is 9.59 Å². The van der Waals surface area contributed by atoms with E-state index >= 15 is 0 Å². The highest BCUT2D eigenvalue weighted by molar-refractivity contribution is 9.10. The van der Waals surface area contributed by atoms with E-state index in [2.05, 4.69) is 52.3 Å². The van der Waals surface area contributed by atoms with Crippen molar-refractivity contribution in [2.24, 2.45) is 0 Å². The van der Waals surface area contributed by atoms with Crippen molar-refractivity contribution >= 4 is 55.0 Å². The van der Waals surface area contributed by atoms with Gasteiger partial charge in [-0.3, -0.25) is 19.4 Å². The minimum atomic E-state index is -0.0243. The number of carbonyl (C=O) groups excluding carboxylic acids is 2. The monoisotopic (exact) mass is 508 g/mol. The quantitative estimate of drug-likeness (QED) is 0.626. The zero-order chi connectivity index (χ0) is 19.9. The Morgan fingerprint density at radius 3 is 1.32 bits per heavy atom. The lowest BCUT2D eigenvalue weighted by Crippen LogP contribution is -2.50. The number of halogens is 2. The molecular formula is C20H22Br2N4O2. The van der Waals surface area contributed by atoms with Gasteiger partial charge in [-0.05, 0) is 48.5 Å². The number of hydrogen-bond acceptors (Lipinski definition) is 4. The lowest BCUT2D eigenvalue weighted by Gasteiger charge is -2.33. The molecule has 0 radical (unpaired) electrons. The van der Waals surface area contributed by atoms with Gasteiger partial charge in [-0.1, -0.05) is 31.9 Å². The average Bonchev–Trinajstić information content (AvgIpc) is 2.67. The van der Waals surface area contributed by atoms with Gasteiger partial charge in [-0.25, -0.2) is 0 Å². The molecule has 0 aliphatic carbocycles. The maximum atomic E-state index is 12.2. The van der Waals surface area contributed by atoms with Crippen molar-refractivity contribution in [3.8, 4) is 0 Å². The molecule has 0 bridgehead atoms. The third-order valence-corrected chi connectivity index (χ3v) is 5.51. The molecule has 28 heavy (non-hydrogen) atoms. The van der Waals surface area contributed by atoms with Crippen LogP contribution in [0.2, 0.25) is 0 Å². The molecule has 8 heteroatoms. The molecule has 0 saturated carbocycles. The van der Waals surface area contributed by atoms with E-state index in [0.717, 1.165) is 46.5 Å². The van der Waals surface area contributed by atoms with Gasteiger partial charge in [0.05, 0.1) is 13.1 Å². The second-order valence-corrected chi connectivity index (χ2v) is 8.49. The van der Waals surface area contributed by atoms with E-state index in [1.807, 2.05) is 48.5 Å². The van der Waals surface area contributed by atoms with Crippen LogP contribution in [0.4, 0.5) is 11.4 Å². The van der Waals surface area contributed by atoms with Gasteiger partial charge < -0.3 is 10.6 Å². The fourth-order valence-electron chi connectivity index (χ4n) is 2.98. The number of nitrogens with one attached hydrogen (secondary N) is 2. The predicted octanol–water partition coefficient (Wildman–Crippen LogP) is 3.41. The summed E-state index contributed by atoms with van der Waals surface area (Å²) in [5, 5.41) is 5.82. The summed E-state index contributed by atoms with van der Waals surface area (Å²) in [6, 6.07) is 15.0. The number of nitrogens with zero attached hydrogens (tertiary/aromatic N) is 2. The Kier molecular flexibility index (Phi) is 7.61. The highest BCUT2D eigenvalue weighted by Crippen LogP contribution is 2.15. The highest BCUT2D eigenvalue weighted by Gasteiger charge is 2.20. The van der Waals surface area contributed by atoms with E-state index in [1.54, 1.807) is 0 Å². The van der Waals surface area contributed by atoms with Crippen LogP contribution < -0.4 is 10.6 Å². The number of anilines is 2. The lowest BCUT2D eigenvalue weighted by molar-refractivity contribution is -0.120. The van der Waals surface area contributed by atoms with Crippen molar-refractivity contribution in [1.82, 2.24) is 9.80 Å². The maximum absolute atomic E-state index is 12.2. The summed E-state index contributed by atoms with van der Waals surface area (Å²) < 4.78 is 1.96. The molecule has 6 nitrogen and oxygen atoms in total. The summed E-state index contributed by atoms with van der Waals surface area (Å²) in [5.41, 5.74) is 1.58. The van der Waals surface area contributed by atoms with E-state index < -0.39 is 0 Å². The van der Waals surface area contributed by atoms with Crippen LogP contribution in [0.15, 0.2) is 57.5 Å². The summed E-state index contributed by atoms with van der Waals surface area (Å²) in [7, 11) is 0. The van der Waals surface area contributed by atoms with Crippen molar-refractivity contribution in [2.45, 2.75) is 0 Å². The summed E-state index contributed by atoms with van der Waals surface area (Å²) >= 11 is 6.76. The molecule has 148 valence electrons. The Bertz CT molecular complexity index is 734. The van der Waals surface area contributed by atoms with E-state index in [0.29, 0.717) is 13.1 Å². The molecule has 2 N–H and O–H groups in total. The molecule has 2 aromatic carbocycles. The summed E-state index contributed by atoms with van der Waals surface area (Å²) in [5.74, 6) is -0.0486. The second-order valence-electron chi connectivity index (χ2n) is 6.66. The Hall–Kier alpha value is -1.74. The largest absolute Gasteiger partial charge is 0.325 e. The first-order valence-corrected chi connectivity index (χ1v) is 10.6. The first-order valence-electron chi connectivity index (χ1n) is 9.03. The van der Waals surface area contributed by atoms with E-state index in [9.17, 15) is 9.59 Å². The Morgan fingerprint density at radius 1 is 0.679 bits per heavy atom. The van der Waals surface area contributed by atoms with Gasteiger partial charge in [0.1, 0.15) is 0 Å². The molecule has 0 aromatic heterocycles. The van der Waals surface area contributed by atoms with Crippen molar-refractivity contribution < 1.29 is 9.59 Å². The smallest absolute Gasteiger partial charge is 0.238 e. The first-order chi connectivity index (χ1) is 13.5. The van der Waals surface area contributed by atoms with Crippen LogP contribution in [0.3, 0.4) is 0 Å². The SMILES string of the molecule is O=C(CN1CCN(CC(=O)Nc2ccc(Br)cc2)CC1)Nc1ccc(Br)cc1. The van der Waals surface area contributed by atoms with E-state index in [-0.39, 0.29) is 11.8 Å². The fraction of sp³-hybridized carbons (Fsp3) is 0.300. The number of rotatable bonds is 6. The van der Waals surface area contributed by atoms with Crippen LogP contribution in [0.25, 0.3) is 0 Å². The fourth-order valence-corrected chi connectivity index (χ4v) is 3.51. The van der Waals surface area contributed by atoms with Crippen LogP contribution in [-0.4, -0.2) is 60.9 Å². The number of piperazine rings is 1. The molecule has 3 rings (SSSR count). The van der Waals surface area contributed by atoms with Crippen LogP contribution >= 0.6 is 31.9 Å². The van der Waals surface area contributed by atoms with Crippen molar-refractivity contribution in [3.05, 3.63) is 57.5 Å². The molecule has 1 heterocycles. The normalized spacial score (nSPS) is 15.2. The lowest BCUT2D eigenvalue weighted by atomic mass is 10.3. The zero-order valence-electron chi connectivity index (χ0n) is 15.3. The van der Waals surface area contributed by atoms with Crippen molar-refractivity contribution in [3.63, 3.8) is 0 Å². The average molecular weight is 510 g/mol. The van der Waals surface area contributed by atoms with Crippen molar-refractivity contribution in [2.75, 3.05) is 49.9 Å². The van der Waals surface area contributed by atoms with Gasteiger partial charge in [0.2, 0.25) is 11.8 Å². The van der Waals surface area contributed by atoms with Crippen molar-refractivity contribution in [1.29, 1.82) is 0 Å². The van der Waals surface area contributed by atoms with E-state index in [1.165, 1.54) is 0 Å². The molecule has 2 aromatic rings. The number of carbonyl (C=O) groups is 2.